The first-order valence-corrected chi connectivity index (χ1v) is 7.42. The van der Waals surface area contributed by atoms with Gasteiger partial charge in [0, 0.05) is 12.5 Å². The van der Waals surface area contributed by atoms with E-state index in [0.717, 1.165) is 31.0 Å². The lowest BCUT2D eigenvalue weighted by atomic mass is 10.0. The minimum Gasteiger partial charge on any atom is -0.494 e. The SMILES string of the molecule is CCCNC(Cc1nnn(C)n1)c1ccc(OCC)cc1. The van der Waals surface area contributed by atoms with E-state index in [1.807, 2.05) is 19.1 Å². The largest absolute Gasteiger partial charge is 0.494 e. The van der Waals surface area contributed by atoms with Crippen molar-refractivity contribution in [3.05, 3.63) is 35.7 Å². The van der Waals surface area contributed by atoms with Crippen molar-refractivity contribution in [3.63, 3.8) is 0 Å². The van der Waals surface area contributed by atoms with Crippen molar-refractivity contribution in [2.45, 2.75) is 32.7 Å². The van der Waals surface area contributed by atoms with Gasteiger partial charge >= 0.3 is 0 Å². The molecule has 0 saturated heterocycles. The zero-order chi connectivity index (χ0) is 15.1. The molecule has 0 spiro atoms. The predicted octanol–water partition coefficient (Wildman–Crippen LogP) is 1.89. The van der Waals surface area contributed by atoms with E-state index in [1.165, 1.54) is 10.4 Å². The number of hydrogen-bond donors (Lipinski definition) is 1. The first-order chi connectivity index (χ1) is 10.2. The van der Waals surface area contributed by atoms with Crippen LogP contribution in [0, 0.1) is 0 Å². The van der Waals surface area contributed by atoms with E-state index in [9.17, 15) is 0 Å². The number of ether oxygens (including phenoxy) is 1. The number of benzene rings is 1. The number of aryl methyl sites for hydroxylation is 1. The molecule has 2 rings (SSSR count). The van der Waals surface area contributed by atoms with Crippen molar-refractivity contribution in [2.24, 2.45) is 7.05 Å². The third-order valence-corrected chi connectivity index (χ3v) is 3.17. The Morgan fingerprint density at radius 2 is 2.00 bits per heavy atom. The average Bonchev–Trinajstić information content (AvgIpc) is 2.90. The Hall–Kier alpha value is -1.95. The Bertz CT molecular complexity index is 537. The summed E-state index contributed by atoms with van der Waals surface area (Å²) in [5.74, 6) is 1.65. The van der Waals surface area contributed by atoms with Gasteiger partial charge < -0.3 is 10.1 Å². The first-order valence-electron chi connectivity index (χ1n) is 7.42. The summed E-state index contributed by atoms with van der Waals surface area (Å²) in [6.07, 6.45) is 1.81. The third-order valence-electron chi connectivity index (χ3n) is 3.17. The summed E-state index contributed by atoms with van der Waals surface area (Å²) >= 11 is 0. The van der Waals surface area contributed by atoms with Crippen molar-refractivity contribution in [1.29, 1.82) is 0 Å². The Morgan fingerprint density at radius 3 is 2.57 bits per heavy atom. The summed E-state index contributed by atoms with van der Waals surface area (Å²) in [5, 5.41) is 15.8. The molecule has 0 aliphatic carbocycles. The average molecular weight is 289 g/mol. The highest BCUT2D eigenvalue weighted by molar-refractivity contribution is 5.29. The molecule has 1 unspecified atom stereocenters. The van der Waals surface area contributed by atoms with Crippen LogP contribution in [0.25, 0.3) is 0 Å². The van der Waals surface area contributed by atoms with Gasteiger partial charge in [-0.25, -0.2) is 0 Å². The van der Waals surface area contributed by atoms with Crippen LogP contribution < -0.4 is 10.1 Å². The van der Waals surface area contributed by atoms with Crippen molar-refractivity contribution in [1.82, 2.24) is 25.5 Å². The minimum atomic E-state index is 0.185. The molecule has 21 heavy (non-hydrogen) atoms. The molecule has 0 fully saturated rings. The van der Waals surface area contributed by atoms with Crippen LogP contribution in [-0.2, 0) is 13.5 Å². The minimum absolute atomic E-state index is 0.185. The zero-order valence-corrected chi connectivity index (χ0v) is 12.9. The lowest BCUT2D eigenvalue weighted by molar-refractivity contribution is 0.340. The van der Waals surface area contributed by atoms with E-state index < -0.39 is 0 Å². The molecule has 114 valence electrons. The maximum Gasteiger partial charge on any atom is 0.176 e. The van der Waals surface area contributed by atoms with Gasteiger partial charge in [0.15, 0.2) is 5.82 Å². The van der Waals surface area contributed by atoms with Crippen LogP contribution in [0.15, 0.2) is 24.3 Å². The molecule has 1 aromatic carbocycles. The lowest BCUT2D eigenvalue weighted by Crippen LogP contribution is -2.24. The molecule has 0 aliphatic heterocycles. The van der Waals surface area contributed by atoms with Gasteiger partial charge in [0.2, 0.25) is 0 Å². The smallest absolute Gasteiger partial charge is 0.176 e. The van der Waals surface area contributed by atoms with Crippen LogP contribution in [0.3, 0.4) is 0 Å². The molecule has 6 heteroatoms. The summed E-state index contributed by atoms with van der Waals surface area (Å²) in [6.45, 7) is 5.78. The van der Waals surface area contributed by atoms with Gasteiger partial charge in [-0.05, 0) is 42.8 Å². The Kier molecular flexibility index (Phi) is 5.68. The highest BCUT2D eigenvalue weighted by Crippen LogP contribution is 2.20. The van der Waals surface area contributed by atoms with Crippen LogP contribution in [0.4, 0.5) is 0 Å². The van der Waals surface area contributed by atoms with Crippen LogP contribution in [-0.4, -0.2) is 33.4 Å². The number of nitrogens with zero attached hydrogens (tertiary/aromatic N) is 4. The Balaban J connectivity index is 2.10. The monoisotopic (exact) mass is 289 g/mol. The normalized spacial score (nSPS) is 12.3. The molecule has 0 bridgehead atoms. The second-order valence-electron chi connectivity index (χ2n) is 4.91. The van der Waals surface area contributed by atoms with E-state index in [-0.39, 0.29) is 6.04 Å². The Labute approximate surface area is 125 Å². The van der Waals surface area contributed by atoms with E-state index in [2.05, 4.69) is 39.8 Å². The fraction of sp³-hybridized carbons (Fsp3) is 0.533. The molecule has 1 atom stereocenters. The summed E-state index contributed by atoms with van der Waals surface area (Å²) in [5.41, 5.74) is 1.21. The summed E-state index contributed by atoms with van der Waals surface area (Å²) in [7, 11) is 1.78. The maximum atomic E-state index is 5.48. The lowest BCUT2D eigenvalue weighted by Gasteiger charge is -2.17. The van der Waals surface area contributed by atoms with Gasteiger partial charge in [0.05, 0.1) is 13.7 Å². The standard InChI is InChI=1S/C15H23N5O/c1-4-10-16-14(11-15-17-19-20(3)18-15)12-6-8-13(9-7-12)21-5-2/h6-9,14,16H,4-5,10-11H2,1-3H3. The molecule has 1 heterocycles. The van der Waals surface area contributed by atoms with Gasteiger partial charge in [0.1, 0.15) is 5.75 Å². The number of aromatic nitrogens is 4. The molecule has 0 aliphatic rings. The van der Waals surface area contributed by atoms with E-state index in [4.69, 9.17) is 4.74 Å². The maximum absolute atomic E-state index is 5.48. The van der Waals surface area contributed by atoms with Gasteiger partial charge in [-0.15, -0.1) is 10.2 Å². The number of hydrogen-bond acceptors (Lipinski definition) is 5. The molecule has 1 aromatic heterocycles. The number of nitrogens with one attached hydrogen (secondary N) is 1. The highest BCUT2D eigenvalue weighted by atomic mass is 16.5. The molecule has 0 radical (unpaired) electrons. The summed E-state index contributed by atoms with van der Waals surface area (Å²) in [6, 6.07) is 8.38. The van der Waals surface area contributed by atoms with Crippen LogP contribution in [0.1, 0.15) is 37.7 Å². The summed E-state index contributed by atoms with van der Waals surface area (Å²) < 4.78 is 5.48. The molecular weight excluding hydrogens is 266 g/mol. The molecule has 1 N–H and O–H groups in total. The van der Waals surface area contributed by atoms with Crippen molar-refractivity contribution >= 4 is 0 Å². The second-order valence-corrected chi connectivity index (χ2v) is 4.91. The first kappa shape index (κ1) is 15.4. The van der Waals surface area contributed by atoms with Gasteiger partial charge in [-0.3, -0.25) is 0 Å². The predicted molar refractivity (Wildman–Crippen MR) is 81.1 cm³/mol. The van der Waals surface area contributed by atoms with Gasteiger partial charge in [-0.2, -0.15) is 4.80 Å². The van der Waals surface area contributed by atoms with Crippen LogP contribution in [0.2, 0.25) is 0 Å². The third kappa shape index (κ3) is 4.53. The van der Waals surface area contributed by atoms with Crippen molar-refractivity contribution in [2.75, 3.05) is 13.2 Å². The van der Waals surface area contributed by atoms with Crippen molar-refractivity contribution in [3.8, 4) is 5.75 Å². The molecule has 0 saturated carbocycles. The van der Waals surface area contributed by atoms with E-state index >= 15 is 0 Å². The quantitative estimate of drug-likeness (QED) is 0.804. The second kappa shape index (κ2) is 7.73. The van der Waals surface area contributed by atoms with E-state index in [0.29, 0.717) is 6.61 Å². The topological polar surface area (TPSA) is 64.9 Å². The molecule has 2 aromatic rings. The van der Waals surface area contributed by atoms with Gasteiger partial charge in [0.25, 0.3) is 0 Å². The highest BCUT2D eigenvalue weighted by Gasteiger charge is 2.14. The van der Waals surface area contributed by atoms with Crippen LogP contribution >= 0.6 is 0 Å². The van der Waals surface area contributed by atoms with Gasteiger partial charge in [-0.1, -0.05) is 19.1 Å². The Morgan fingerprint density at radius 1 is 1.24 bits per heavy atom. The molecule has 0 amide bonds. The fourth-order valence-corrected chi connectivity index (χ4v) is 2.18. The molecular formula is C15H23N5O. The van der Waals surface area contributed by atoms with Crippen LogP contribution in [0.5, 0.6) is 5.75 Å². The van der Waals surface area contributed by atoms with Crippen molar-refractivity contribution < 1.29 is 4.74 Å². The fourth-order valence-electron chi connectivity index (χ4n) is 2.18. The zero-order valence-electron chi connectivity index (χ0n) is 12.9. The number of tetrazole rings is 1. The summed E-state index contributed by atoms with van der Waals surface area (Å²) in [4.78, 5) is 1.49. The number of rotatable bonds is 8. The molecule has 6 nitrogen and oxygen atoms in total. The van der Waals surface area contributed by atoms with E-state index in [1.54, 1.807) is 7.05 Å².